The van der Waals surface area contributed by atoms with E-state index in [-0.39, 0.29) is 16.2 Å². The number of nitrogens with zero attached hydrogens (tertiary/aromatic N) is 4. The van der Waals surface area contributed by atoms with Crippen LogP contribution >= 0.6 is 15.9 Å². The molecule has 0 bridgehead atoms. The lowest BCUT2D eigenvalue weighted by Crippen LogP contribution is -2.47. The summed E-state index contributed by atoms with van der Waals surface area (Å²) >= 11 is 3.08. The van der Waals surface area contributed by atoms with Gasteiger partial charge in [-0.1, -0.05) is 5.21 Å². The molecule has 0 spiro atoms. The number of aromatic nitrogens is 3. The van der Waals surface area contributed by atoms with Crippen molar-refractivity contribution in [2.24, 2.45) is 7.05 Å². The van der Waals surface area contributed by atoms with Crippen LogP contribution in [0, 0.1) is 0 Å². The van der Waals surface area contributed by atoms with E-state index in [0.717, 1.165) is 4.31 Å². The zero-order valence-electron chi connectivity index (χ0n) is 11.3. The van der Waals surface area contributed by atoms with Crippen molar-refractivity contribution in [2.75, 3.05) is 26.8 Å². The van der Waals surface area contributed by atoms with E-state index in [1.165, 1.54) is 18.8 Å². The monoisotopic (exact) mass is 368 g/mol. The van der Waals surface area contributed by atoms with Crippen molar-refractivity contribution >= 4 is 26.0 Å². The number of hydrogen-bond acceptors (Lipinski definition) is 6. The second-order valence-corrected chi connectivity index (χ2v) is 7.62. The largest absolute Gasteiger partial charge is 0.388 e. The molecule has 1 saturated heterocycles. The number of likely N-dealkylation sites (N-methyl/N-ethyl adjacent to an activating group) is 1. The molecule has 0 unspecified atom stereocenters. The first-order chi connectivity index (χ1) is 9.26. The van der Waals surface area contributed by atoms with Crippen molar-refractivity contribution in [1.82, 2.24) is 19.3 Å². The van der Waals surface area contributed by atoms with E-state index < -0.39 is 15.6 Å². The van der Waals surface area contributed by atoms with Gasteiger partial charge in [0, 0.05) is 46.7 Å². The highest BCUT2D eigenvalue weighted by molar-refractivity contribution is 9.10. The fourth-order valence-corrected chi connectivity index (χ4v) is 4.42. The smallest absolute Gasteiger partial charge is 0.262 e. The van der Waals surface area contributed by atoms with Crippen molar-refractivity contribution in [3.8, 4) is 0 Å². The van der Waals surface area contributed by atoms with Gasteiger partial charge in [0.2, 0.25) is 5.03 Å². The highest BCUT2D eigenvalue weighted by Gasteiger charge is 2.37. The fraction of sp³-hybridized carbons (Fsp3) is 0.800. The number of rotatable bonds is 4. The number of sulfonamides is 1. The molecule has 0 radical (unpaired) electrons. The Morgan fingerprint density at radius 1 is 1.50 bits per heavy atom. The Hall–Kier alpha value is -0.550. The van der Waals surface area contributed by atoms with Gasteiger partial charge in [0.05, 0.1) is 5.60 Å². The SMILES string of the molecule is CN(CC1(O)CCOCC1)S(=O)(=O)c1c(Br)nnn1C. The Balaban J connectivity index is 2.22. The van der Waals surface area contributed by atoms with Gasteiger partial charge in [-0.05, 0) is 15.9 Å². The molecule has 0 aromatic carbocycles. The summed E-state index contributed by atoms with van der Waals surface area (Å²) in [7, 11) is -0.837. The van der Waals surface area contributed by atoms with Crippen LogP contribution in [0.3, 0.4) is 0 Å². The second kappa shape index (κ2) is 5.68. The number of hydrogen-bond donors (Lipinski definition) is 1. The number of aliphatic hydroxyl groups is 1. The maximum absolute atomic E-state index is 12.5. The summed E-state index contributed by atoms with van der Waals surface area (Å²) in [5, 5.41) is 17.7. The lowest BCUT2D eigenvalue weighted by Gasteiger charge is -2.34. The van der Waals surface area contributed by atoms with E-state index in [2.05, 4.69) is 26.2 Å². The molecular weight excluding hydrogens is 352 g/mol. The summed E-state index contributed by atoms with van der Waals surface area (Å²) in [5.41, 5.74) is -1.06. The minimum absolute atomic E-state index is 0.0102. The zero-order valence-corrected chi connectivity index (χ0v) is 13.7. The molecule has 0 aliphatic carbocycles. The average molecular weight is 369 g/mol. The van der Waals surface area contributed by atoms with Crippen molar-refractivity contribution in [2.45, 2.75) is 23.5 Å². The average Bonchev–Trinajstić information content (AvgIpc) is 2.69. The van der Waals surface area contributed by atoms with Gasteiger partial charge in [-0.3, -0.25) is 0 Å². The number of aryl methyl sites for hydroxylation is 1. The quantitative estimate of drug-likeness (QED) is 0.786. The van der Waals surface area contributed by atoms with Gasteiger partial charge >= 0.3 is 0 Å². The minimum Gasteiger partial charge on any atom is -0.388 e. The van der Waals surface area contributed by atoms with Gasteiger partial charge in [-0.2, -0.15) is 4.31 Å². The first-order valence-corrected chi connectivity index (χ1v) is 8.31. The highest BCUT2D eigenvalue weighted by Crippen LogP contribution is 2.26. The minimum atomic E-state index is -3.77. The number of ether oxygens (including phenoxy) is 1. The van der Waals surface area contributed by atoms with Crippen molar-refractivity contribution in [3.63, 3.8) is 0 Å². The maximum atomic E-state index is 12.5. The van der Waals surface area contributed by atoms with Crippen LogP contribution in [0.4, 0.5) is 0 Å². The van der Waals surface area contributed by atoms with E-state index in [9.17, 15) is 13.5 Å². The molecule has 1 aromatic heterocycles. The van der Waals surface area contributed by atoms with Gasteiger partial charge in [-0.15, -0.1) is 5.10 Å². The Kier molecular flexibility index (Phi) is 4.50. The van der Waals surface area contributed by atoms with Crippen LogP contribution in [0.2, 0.25) is 0 Å². The number of halogens is 1. The van der Waals surface area contributed by atoms with Gasteiger partial charge < -0.3 is 9.84 Å². The molecule has 2 heterocycles. The van der Waals surface area contributed by atoms with Crippen LogP contribution in [-0.4, -0.2) is 65.2 Å². The third-order valence-electron chi connectivity index (χ3n) is 3.33. The summed E-state index contributed by atoms with van der Waals surface area (Å²) in [6.07, 6.45) is 0.829. The van der Waals surface area contributed by atoms with Crippen LogP contribution in [0.1, 0.15) is 12.8 Å². The Morgan fingerprint density at radius 2 is 2.10 bits per heavy atom. The van der Waals surface area contributed by atoms with Crippen molar-refractivity contribution < 1.29 is 18.3 Å². The van der Waals surface area contributed by atoms with Crippen molar-refractivity contribution in [3.05, 3.63) is 4.60 Å². The molecule has 10 heteroatoms. The summed E-state index contributed by atoms with van der Waals surface area (Å²) in [6.45, 7) is 0.874. The topological polar surface area (TPSA) is 97.6 Å². The third kappa shape index (κ3) is 3.03. The van der Waals surface area contributed by atoms with Crippen LogP contribution in [-0.2, 0) is 21.8 Å². The zero-order chi connectivity index (χ0) is 15.0. The Labute approximate surface area is 125 Å². The highest BCUT2D eigenvalue weighted by atomic mass is 79.9. The maximum Gasteiger partial charge on any atom is 0.262 e. The molecule has 1 fully saturated rings. The normalized spacial score (nSPS) is 19.4. The Bertz CT molecular complexity index is 563. The van der Waals surface area contributed by atoms with E-state index in [0.29, 0.717) is 26.1 Å². The summed E-state index contributed by atoms with van der Waals surface area (Å²) in [6, 6.07) is 0. The molecule has 1 N–H and O–H groups in total. The molecule has 2 rings (SSSR count). The molecule has 0 saturated carbocycles. The molecule has 114 valence electrons. The van der Waals surface area contributed by atoms with Gasteiger partial charge in [-0.25, -0.2) is 13.1 Å². The van der Waals surface area contributed by atoms with Gasteiger partial charge in [0.1, 0.15) is 0 Å². The predicted molar refractivity (Wildman–Crippen MR) is 73.5 cm³/mol. The predicted octanol–water partition coefficient (Wildman–Crippen LogP) is -0.260. The second-order valence-electron chi connectivity index (χ2n) is 4.91. The molecule has 1 aromatic rings. The van der Waals surface area contributed by atoms with E-state index in [4.69, 9.17) is 4.74 Å². The third-order valence-corrected chi connectivity index (χ3v) is 6.02. The van der Waals surface area contributed by atoms with Crippen LogP contribution in [0.15, 0.2) is 9.63 Å². The molecule has 20 heavy (non-hydrogen) atoms. The molecule has 8 nitrogen and oxygen atoms in total. The first-order valence-electron chi connectivity index (χ1n) is 6.08. The molecular formula is C10H17BrN4O4S. The van der Waals surface area contributed by atoms with Crippen LogP contribution in [0.25, 0.3) is 0 Å². The summed E-state index contributed by atoms with van der Waals surface area (Å²) in [4.78, 5) is 0. The molecule has 1 aliphatic heterocycles. The lowest BCUT2D eigenvalue weighted by atomic mass is 9.95. The molecule has 0 amide bonds. The van der Waals surface area contributed by atoms with Crippen molar-refractivity contribution in [1.29, 1.82) is 0 Å². The van der Waals surface area contributed by atoms with Gasteiger partial charge in [0.15, 0.2) is 4.60 Å². The van der Waals surface area contributed by atoms with E-state index >= 15 is 0 Å². The summed E-state index contributed by atoms with van der Waals surface area (Å²) < 4.78 is 32.7. The van der Waals surface area contributed by atoms with Gasteiger partial charge in [0.25, 0.3) is 10.0 Å². The lowest BCUT2D eigenvalue weighted by molar-refractivity contribution is -0.0689. The van der Waals surface area contributed by atoms with E-state index in [1.807, 2.05) is 0 Å². The standard InChI is InChI=1S/C10H17BrN4O4S/c1-14(7-10(16)3-5-19-6-4-10)20(17,18)9-8(11)12-13-15(9)2/h16H,3-7H2,1-2H3. The van der Waals surface area contributed by atoms with Crippen LogP contribution in [0.5, 0.6) is 0 Å². The molecule has 0 atom stereocenters. The summed E-state index contributed by atoms with van der Waals surface area (Å²) in [5.74, 6) is 0. The fourth-order valence-electron chi connectivity index (χ4n) is 2.15. The van der Waals surface area contributed by atoms with Crippen LogP contribution < -0.4 is 0 Å². The molecule has 1 aliphatic rings. The Morgan fingerprint density at radius 3 is 2.60 bits per heavy atom. The van der Waals surface area contributed by atoms with E-state index in [1.54, 1.807) is 0 Å². The first kappa shape index (κ1) is 15.8.